The highest BCUT2D eigenvalue weighted by Gasteiger charge is 2.13. The molecule has 0 radical (unpaired) electrons. The molecule has 0 aliphatic heterocycles. The quantitative estimate of drug-likeness (QED) is 0.813. The fraction of sp³-hybridized carbons (Fsp3) is 0.556. The summed E-state index contributed by atoms with van der Waals surface area (Å²) in [6.07, 6.45) is 1.20. The lowest BCUT2D eigenvalue weighted by Gasteiger charge is -2.19. The normalized spacial score (nSPS) is 12.7. The molecular formula is C18H27NO3. The first-order chi connectivity index (χ1) is 10.2. The van der Waals surface area contributed by atoms with Crippen LogP contribution in [0.2, 0.25) is 0 Å². The van der Waals surface area contributed by atoms with Crippen molar-refractivity contribution < 1.29 is 14.7 Å². The van der Waals surface area contributed by atoms with Crippen LogP contribution in [-0.4, -0.2) is 23.5 Å². The van der Waals surface area contributed by atoms with E-state index >= 15 is 0 Å². The van der Waals surface area contributed by atoms with E-state index in [1.54, 1.807) is 0 Å². The number of carbonyl (C=O) groups excluding carboxylic acids is 1. The highest BCUT2D eigenvalue weighted by Crippen LogP contribution is 2.22. The minimum absolute atomic E-state index is 0.0304. The van der Waals surface area contributed by atoms with Crippen LogP contribution in [-0.2, 0) is 21.4 Å². The fourth-order valence-corrected chi connectivity index (χ4v) is 2.18. The molecule has 0 heterocycles. The molecule has 0 spiro atoms. The summed E-state index contributed by atoms with van der Waals surface area (Å²) in [4.78, 5) is 22.3. The molecule has 1 rings (SSSR count). The van der Waals surface area contributed by atoms with Crippen molar-refractivity contribution in [1.29, 1.82) is 0 Å². The van der Waals surface area contributed by atoms with Gasteiger partial charge in [0.05, 0.1) is 0 Å². The van der Waals surface area contributed by atoms with Crippen LogP contribution < -0.4 is 5.32 Å². The number of carboxylic acids is 1. The van der Waals surface area contributed by atoms with E-state index in [0.717, 1.165) is 5.56 Å². The van der Waals surface area contributed by atoms with Gasteiger partial charge in [0.1, 0.15) is 0 Å². The number of nitrogens with one attached hydrogen (secondary N) is 1. The highest BCUT2D eigenvalue weighted by atomic mass is 16.4. The van der Waals surface area contributed by atoms with Gasteiger partial charge < -0.3 is 10.4 Å². The Bertz CT molecular complexity index is 500. The number of amides is 1. The molecule has 22 heavy (non-hydrogen) atoms. The first-order valence-electron chi connectivity index (χ1n) is 7.76. The predicted molar refractivity (Wildman–Crippen MR) is 87.9 cm³/mol. The van der Waals surface area contributed by atoms with Crippen LogP contribution in [0.25, 0.3) is 0 Å². The van der Waals surface area contributed by atoms with Gasteiger partial charge in [0.15, 0.2) is 0 Å². The molecule has 0 aliphatic rings. The van der Waals surface area contributed by atoms with Crippen molar-refractivity contribution >= 4 is 11.9 Å². The van der Waals surface area contributed by atoms with Gasteiger partial charge in [0.2, 0.25) is 5.91 Å². The number of benzene rings is 1. The average molecular weight is 305 g/mol. The molecule has 4 nitrogen and oxygen atoms in total. The minimum atomic E-state index is -0.833. The zero-order valence-corrected chi connectivity index (χ0v) is 14.0. The maximum Gasteiger partial charge on any atom is 0.303 e. The number of aliphatic carboxylic acids is 1. The van der Waals surface area contributed by atoms with Crippen LogP contribution in [0, 0.1) is 5.92 Å². The number of hydrogen-bond donors (Lipinski definition) is 2. The number of carbonyl (C=O) groups is 2. The first kappa shape index (κ1) is 18.2. The standard InChI is InChI=1S/C18H27NO3/c1-13(11-17(21)22)12-19-16(20)10-7-14-5-8-15(9-6-14)18(2,3)4/h5-6,8-9,13H,7,10-12H2,1-4H3,(H,19,20)(H,21,22). The van der Waals surface area contributed by atoms with E-state index in [-0.39, 0.29) is 23.7 Å². The Labute approximate surface area is 132 Å². The first-order valence-corrected chi connectivity index (χ1v) is 7.76. The van der Waals surface area contributed by atoms with Crippen molar-refractivity contribution in [3.05, 3.63) is 35.4 Å². The third-order valence-electron chi connectivity index (χ3n) is 3.63. The van der Waals surface area contributed by atoms with Crippen LogP contribution in [0.4, 0.5) is 0 Å². The summed E-state index contributed by atoms with van der Waals surface area (Å²) >= 11 is 0. The molecule has 0 saturated heterocycles. The molecule has 122 valence electrons. The maximum atomic E-state index is 11.8. The van der Waals surface area contributed by atoms with Crippen LogP contribution in [0.15, 0.2) is 24.3 Å². The molecule has 2 N–H and O–H groups in total. The second kappa shape index (κ2) is 7.97. The summed E-state index contributed by atoms with van der Waals surface area (Å²) in [5.74, 6) is -0.912. The van der Waals surface area contributed by atoms with Crippen molar-refractivity contribution in [2.75, 3.05) is 6.54 Å². The van der Waals surface area contributed by atoms with Crippen LogP contribution in [0.3, 0.4) is 0 Å². The Morgan fingerprint density at radius 3 is 2.27 bits per heavy atom. The molecule has 4 heteroatoms. The SMILES string of the molecule is CC(CNC(=O)CCc1ccc(C(C)(C)C)cc1)CC(=O)O. The molecule has 0 aliphatic carbocycles. The molecule has 1 atom stereocenters. The molecule has 1 amide bonds. The second-order valence-corrected chi connectivity index (χ2v) is 6.95. The lowest BCUT2D eigenvalue weighted by Crippen LogP contribution is -2.29. The summed E-state index contributed by atoms with van der Waals surface area (Å²) in [6.45, 7) is 8.75. The van der Waals surface area contributed by atoms with E-state index in [1.165, 1.54) is 5.56 Å². The predicted octanol–water partition coefficient (Wildman–Crippen LogP) is 3.14. The molecule has 0 aromatic heterocycles. The molecule has 1 unspecified atom stereocenters. The Morgan fingerprint density at radius 1 is 1.18 bits per heavy atom. The van der Waals surface area contributed by atoms with Gasteiger partial charge in [-0.15, -0.1) is 0 Å². The Balaban J connectivity index is 2.36. The van der Waals surface area contributed by atoms with Crippen LogP contribution >= 0.6 is 0 Å². The van der Waals surface area contributed by atoms with E-state index in [1.807, 2.05) is 6.92 Å². The van der Waals surface area contributed by atoms with Gasteiger partial charge in [-0.3, -0.25) is 9.59 Å². The van der Waals surface area contributed by atoms with Gasteiger partial charge >= 0.3 is 5.97 Å². The van der Waals surface area contributed by atoms with Gasteiger partial charge in [-0.2, -0.15) is 0 Å². The maximum absolute atomic E-state index is 11.8. The molecule has 1 aromatic rings. The van der Waals surface area contributed by atoms with E-state index in [2.05, 4.69) is 50.4 Å². The number of hydrogen-bond acceptors (Lipinski definition) is 2. The van der Waals surface area contributed by atoms with Crippen molar-refractivity contribution in [2.45, 2.75) is 52.4 Å². The molecular weight excluding hydrogens is 278 g/mol. The van der Waals surface area contributed by atoms with Crippen molar-refractivity contribution in [3.63, 3.8) is 0 Å². The number of rotatable bonds is 7. The van der Waals surface area contributed by atoms with Crippen LogP contribution in [0.5, 0.6) is 0 Å². The Morgan fingerprint density at radius 2 is 1.77 bits per heavy atom. The summed E-state index contributed by atoms with van der Waals surface area (Å²) in [7, 11) is 0. The molecule has 0 saturated carbocycles. The summed E-state index contributed by atoms with van der Waals surface area (Å²) in [6, 6.07) is 8.37. The van der Waals surface area contributed by atoms with Gasteiger partial charge in [-0.1, -0.05) is 52.0 Å². The van der Waals surface area contributed by atoms with E-state index in [9.17, 15) is 9.59 Å². The van der Waals surface area contributed by atoms with Crippen molar-refractivity contribution in [2.24, 2.45) is 5.92 Å². The molecule has 1 aromatic carbocycles. The summed E-state index contributed by atoms with van der Waals surface area (Å²) in [5.41, 5.74) is 2.56. The third kappa shape index (κ3) is 6.74. The van der Waals surface area contributed by atoms with Gasteiger partial charge in [0.25, 0.3) is 0 Å². The lowest BCUT2D eigenvalue weighted by atomic mass is 9.86. The van der Waals surface area contributed by atoms with Gasteiger partial charge in [-0.05, 0) is 28.9 Å². The monoisotopic (exact) mass is 305 g/mol. The fourth-order valence-electron chi connectivity index (χ4n) is 2.18. The summed E-state index contributed by atoms with van der Waals surface area (Å²) < 4.78 is 0. The largest absolute Gasteiger partial charge is 0.481 e. The number of carboxylic acid groups (broad SMARTS) is 1. The summed E-state index contributed by atoms with van der Waals surface area (Å²) in [5, 5.41) is 11.5. The van der Waals surface area contributed by atoms with E-state index < -0.39 is 5.97 Å². The second-order valence-electron chi connectivity index (χ2n) is 6.95. The Hall–Kier alpha value is -1.84. The lowest BCUT2D eigenvalue weighted by molar-refractivity contribution is -0.138. The average Bonchev–Trinajstić information content (AvgIpc) is 2.41. The van der Waals surface area contributed by atoms with E-state index in [4.69, 9.17) is 5.11 Å². The van der Waals surface area contributed by atoms with Gasteiger partial charge in [-0.25, -0.2) is 0 Å². The van der Waals surface area contributed by atoms with Crippen molar-refractivity contribution in [3.8, 4) is 0 Å². The Kier molecular flexibility index (Phi) is 6.60. The smallest absolute Gasteiger partial charge is 0.303 e. The minimum Gasteiger partial charge on any atom is -0.481 e. The topological polar surface area (TPSA) is 66.4 Å². The zero-order valence-electron chi connectivity index (χ0n) is 14.0. The number of aryl methyl sites for hydroxylation is 1. The molecule has 0 fully saturated rings. The van der Waals surface area contributed by atoms with Crippen molar-refractivity contribution in [1.82, 2.24) is 5.32 Å². The van der Waals surface area contributed by atoms with E-state index in [0.29, 0.717) is 19.4 Å². The van der Waals surface area contributed by atoms with Gasteiger partial charge in [0, 0.05) is 19.4 Å². The molecule has 0 bridgehead atoms. The van der Waals surface area contributed by atoms with Crippen LogP contribution in [0.1, 0.15) is 51.7 Å². The highest BCUT2D eigenvalue weighted by molar-refractivity contribution is 5.76. The zero-order chi connectivity index (χ0) is 16.8. The third-order valence-corrected chi connectivity index (χ3v) is 3.63.